The number of nitrogens with two attached hydrogens (primary N) is 1. The average molecular weight is 263 g/mol. The molecule has 2 heterocycles. The van der Waals surface area contributed by atoms with Crippen LogP contribution in [-0.4, -0.2) is 28.2 Å². The van der Waals surface area contributed by atoms with Gasteiger partial charge < -0.3 is 15.0 Å². The molecule has 1 aromatic heterocycles. The third kappa shape index (κ3) is 1.92. The van der Waals surface area contributed by atoms with Crippen molar-refractivity contribution in [3.63, 3.8) is 0 Å². The number of hydrogen-bond donors (Lipinski definition) is 1. The van der Waals surface area contributed by atoms with Gasteiger partial charge in [0, 0.05) is 12.1 Å². The Morgan fingerprint density at radius 2 is 2.17 bits per heavy atom. The smallest absolute Gasteiger partial charge is 0.201 e. The van der Waals surface area contributed by atoms with Crippen LogP contribution in [0, 0.1) is 0 Å². The van der Waals surface area contributed by atoms with E-state index in [1.165, 1.54) is 11.5 Å². The molecule has 0 unspecified atom stereocenters. The lowest BCUT2D eigenvalue weighted by Gasteiger charge is -2.24. The fourth-order valence-electron chi connectivity index (χ4n) is 2.55. The van der Waals surface area contributed by atoms with E-state index in [9.17, 15) is 0 Å². The molecule has 96 valence electrons. The molecule has 1 aliphatic heterocycles. The van der Waals surface area contributed by atoms with Crippen LogP contribution in [-0.2, 0) is 0 Å². The lowest BCUT2D eigenvalue weighted by Crippen LogP contribution is -2.17. The topological polar surface area (TPSA) is 53.1 Å². The Labute approximate surface area is 111 Å². The normalized spacial score (nSPS) is 17.2. The van der Waals surface area contributed by atoms with Gasteiger partial charge in [-0.3, -0.25) is 0 Å². The van der Waals surface area contributed by atoms with E-state index >= 15 is 0 Å². The second-order valence-electron chi connectivity index (χ2n) is 4.54. The third-order valence-electron chi connectivity index (χ3n) is 3.48. The summed E-state index contributed by atoms with van der Waals surface area (Å²) in [5, 5.41) is 0. The Morgan fingerprint density at radius 3 is 2.89 bits per heavy atom. The van der Waals surface area contributed by atoms with Crippen molar-refractivity contribution in [1.82, 2.24) is 9.55 Å². The van der Waals surface area contributed by atoms with Gasteiger partial charge >= 0.3 is 0 Å². The quantitative estimate of drug-likeness (QED) is 0.905. The first-order chi connectivity index (χ1) is 8.79. The maximum absolute atomic E-state index is 6.08. The highest BCUT2D eigenvalue weighted by molar-refractivity contribution is 7.99. The van der Waals surface area contributed by atoms with Crippen molar-refractivity contribution in [2.45, 2.75) is 18.9 Å². The van der Waals surface area contributed by atoms with Crippen LogP contribution in [0.4, 0.5) is 5.95 Å². The molecule has 0 saturated carbocycles. The fraction of sp³-hybridized carbons (Fsp3) is 0.462. The molecule has 2 N–H and O–H groups in total. The molecular weight excluding hydrogens is 246 g/mol. The minimum absolute atomic E-state index is 0.475. The zero-order valence-corrected chi connectivity index (χ0v) is 11.2. The Balaban J connectivity index is 2.10. The largest absolute Gasteiger partial charge is 0.497 e. The molecule has 1 aromatic carbocycles. The van der Waals surface area contributed by atoms with Crippen molar-refractivity contribution in [1.29, 1.82) is 0 Å². The number of aromatic nitrogens is 2. The molecule has 5 heteroatoms. The number of ether oxygens (including phenoxy) is 1. The fourth-order valence-corrected chi connectivity index (χ4v) is 3.63. The second kappa shape index (κ2) is 4.72. The van der Waals surface area contributed by atoms with Gasteiger partial charge in [-0.25, -0.2) is 4.98 Å². The number of nitrogens with zero attached hydrogens (tertiary/aromatic N) is 2. The van der Waals surface area contributed by atoms with E-state index in [1.807, 2.05) is 30.0 Å². The van der Waals surface area contributed by atoms with Gasteiger partial charge in [0.1, 0.15) is 5.75 Å². The number of fused-ring (bicyclic) bond motifs is 1. The summed E-state index contributed by atoms with van der Waals surface area (Å²) in [6.07, 6.45) is 2.33. The van der Waals surface area contributed by atoms with Crippen molar-refractivity contribution in [2.24, 2.45) is 0 Å². The molecule has 0 atom stereocenters. The summed E-state index contributed by atoms with van der Waals surface area (Å²) in [6, 6.07) is 6.40. The van der Waals surface area contributed by atoms with Gasteiger partial charge in [-0.2, -0.15) is 11.8 Å². The highest BCUT2D eigenvalue weighted by Gasteiger charge is 2.20. The van der Waals surface area contributed by atoms with Crippen LogP contribution in [0.15, 0.2) is 18.2 Å². The van der Waals surface area contributed by atoms with Crippen molar-refractivity contribution >= 4 is 28.7 Å². The zero-order chi connectivity index (χ0) is 12.5. The predicted octanol–water partition coefficient (Wildman–Crippen LogP) is 2.70. The first-order valence-electron chi connectivity index (χ1n) is 6.19. The van der Waals surface area contributed by atoms with Crippen molar-refractivity contribution in [3.05, 3.63) is 18.2 Å². The Morgan fingerprint density at radius 1 is 1.39 bits per heavy atom. The van der Waals surface area contributed by atoms with Gasteiger partial charge in [-0.05, 0) is 36.5 Å². The minimum atomic E-state index is 0.475. The number of imidazole rings is 1. The van der Waals surface area contributed by atoms with E-state index in [1.54, 1.807) is 7.11 Å². The number of hydrogen-bond acceptors (Lipinski definition) is 4. The van der Waals surface area contributed by atoms with Gasteiger partial charge in [-0.1, -0.05) is 0 Å². The van der Waals surface area contributed by atoms with Crippen LogP contribution < -0.4 is 10.5 Å². The predicted molar refractivity (Wildman–Crippen MR) is 76.3 cm³/mol. The summed E-state index contributed by atoms with van der Waals surface area (Å²) in [6.45, 7) is 0. The lowest BCUT2D eigenvalue weighted by atomic mass is 10.1. The average Bonchev–Trinajstić information content (AvgIpc) is 2.74. The summed E-state index contributed by atoms with van der Waals surface area (Å²) in [4.78, 5) is 4.44. The van der Waals surface area contributed by atoms with E-state index in [0.717, 1.165) is 29.6 Å². The molecule has 1 saturated heterocycles. The Hall–Kier alpha value is -1.36. The van der Waals surface area contributed by atoms with E-state index in [-0.39, 0.29) is 0 Å². The molecule has 0 radical (unpaired) electrons. The van der Waals surface area contributed by atoms with Gasteiger partial charge in [0.2, 0.25) is 5.95 Å². The molecule has 1 fully saturated rings. The maximum Gasteiger partial charge on any atom is 0.201 e. The summed E-state index contributed by atoms with van der Waals surface area (Å²) in [5.41, 5.74) is 8.12. The molecule has 1 aliphatic rings. The summed E-state index contributed by atoms with van der Waals surface area (Å²) in [5.74, 6) is 3.88. The Bertz CT molecular complexity index is 561. The Kier molecular flexibility index (Phi) is 3.07. The lowest BCUT2D eigenvalue weighted by molar-refractivity contribution is 0.414. The van der Waals surface area contributed by atoms with Crippen LogP contribution in [0.3, 0.4) is 0 Å². The van der Waals surface area contributed by atoms with Crippen LogP contribution >= 0.6 is 11.8 Å². The standard InChI is InChI=1S/C13H17N3OS/c1-17-10-2-3-11-12(8-10)16(13(14)15-11)9-4-6-18-7-5-9/h2-3,8-9H,4-7H2,1H3,(H2,14,15). The highest BCUT2D eigenvalue weighted by atomic mass is 32.2. The SMILES string of the molecule is COc1ccc2nc(N)n(C3CCSCC3)c2c1. The molecular formula is C13H17N3OS. The second-order valence-corrected chi connectivity index (χ2v) is 5.76. The number of rotatable bonds is 2. The van der Waals surface area contributed by atoms with Crippen LogP contribution in [0.5, 0.6) is 5.75 Å². The van der Waals surface area contributed by atoms with Crippen LogP contribution in [0.2, 0.25) is 0 Å². The number of methoxy groups -OCH3 is 1. The van der Waals surface area contributed by atoms with Crippen LogP contribution in [0.1, 0.15) is 18.9 Å². The molecule has 2 aromatic rings. The summed E-state index contributed by atoms with van der Waals surface area (Å²) < 4.78 is 7.47. The highest BCUT2D eigenvalue weighted by Crippen LogP contribution is 2.33. The van der Waals surface area contributed by atoms with Crippen molar-refractivity contribution < 1.29 is 4.74 Å². The molecule has 3 rings (SSSR count). The van der Waals surface area contributed by atoms with E-state index in [4.69, 9.17) is 10.5 Å². The van der Waals surface area contributed by atoms with Crippen molar-refractivity contribution in [3.8, 4) is 5.75 Å². The van der Waals surface area contributed by atoms with Gasteiger partial charge in [0.15, 0.2) is 0 Å². The molecule has 0 amide bonds. The van der Waals surface area contributed by atoms with Crippen LogP contribution in [0.25, 0.3) is 11.0 Å². The number of thioether (sulfide) groups is 1. The minimum Gasteiger partial charge on any atom is -0.497 e. The monoisotopic (exact) mass is 263 g/mol. The third-order valence-corrected chi connectivity index (χ3v) is 4.53. The molecule has 0 aliphatic carbocycles. The summed E-state index contributed by atoms with van der Waals surface area (Å²) >= 11 is 2.02. The first-order valence-corrected chi connectivity index (χ1v) is 7.34. The van der Waals surface area contributed by atoms with Crippen molar-refractivity contribution in [2.75, 3.05) is 24.3 Å². The van der Waals surface area contributed by atoms with E-state index in [2.05, 4.69) is 9.55 Å². The molecule has 0 bridgehead atoms. The van der Waals surface area contributed by atoms with Gasteiger partial charge in [-0.15, -0.1) is 0 Å². The number of benzene rings is 1. The van der Waals surface area contributed by atoms with Gasteiger partial charge in [0.25, 0.3) is 0 Å². The van der Waals surface area contributed by atoms with E-state index < -0.39 is 0 Å². The van der Waals surface area contributed by atoms with Gasteiger partial charge in [0.05, 0.1) is 18.1 Å². The van der Waals surface area contributed by atoms with E-state index in [0.29, 0.717) is 12.0 Å². The molecule has 0 spiro atoms. The summed E-state index contributed by atoms with van der Waals surface area (Å²) in [7, 11) is 1.68. The number of anilines is 1. The number of nitrogen functional groups attached to an aromatic ring is 1. The maximum atomic E-state index is 6.08. The first kappa shape index (κ1) is 11.7. The zero-order valence-electron chi connectivity index (χ0n) is 10.4. The molecule has 18 heavy (non-hydrogen) atoms. The molecule has 4 nitrogen and oxygen atoms in total.